The Hall–Kier alpha value is -3.00. The fourth-order valence-electron chi connectivity index (χ4n) is 5.83. The van der Waals surface area contributed by atoms with E-state index in [9.17, 15) is 48.2 Å². The van der Waals surface area contributed by atoms with E-state index in [0.717, 1.165) is 23.8 Å². The number of halogens is 1. The normalized spacial score (nSPS) is 21.4. The van der Waals surface area contributed by atoms with Crippen molar-refractivity contribution in [1.29, 1.82) is 0 Å². The molecule has 1 amide bonds. The number of nitrogens with zero attached hydrogens (tertiary/aromatic N) is 3. The number of aromatic nitrogens is 1. The summed E-state index contributed by atoms with van der Waals surface area (Å²) in [6.07, 6.45) is 2.36. The van der Waals surface area contributed by atoms with Crippen LogP contribution in [0.5, 0.6) is 5.75 Å². The molecule has 0 bridgehead atoms. The molecule has 5 rings (SSSR count). The number of ether oxygens (including phenoxy) is 2. The van der Waals surface area contributed by atoms with Crippen molar-refractivity contribution in [1.82, 2.24) is 9.47 Å². The van der Waals surface area contributed by atoms with E-state index in [1.807, 2.05) is 0 Å². The molecule has 0 radical (unpaired) electrons. The maximum absolute atomic E-state index is 15.8. The second-order valence-corrected chi connectivity index (χ2v) is 15.1. The Labute approximate surface area is 237 Å². The lowest BCUT2D eigenvalue weighted by atomic mass is 9.92. The molecule has 2 saturated heterocycles. The minimum absolute atomic E-state index is 0.00194. The number of hydrogen-bond acceptors (Lipinski definition) is 8. The van der Waals surface area contributed by atoms with Gasteiger partial charge >= 0.3 is 32.3 Å². The third-order valence-electron chi connectivity index (χ3n) is 8.27. The molecule has 0 spiro atoms. The highest BCUT2D eigenvalue weighted by Crippen LogP contribution is 2.69. The average Bonchev–Trinajstić information content (AvgIpc) is 3.64. The first kappa shape index (κ1) is 30.5. The summed E-state index contributed by atoms with van der Waals surface area (Å²) in [6, 6.07) is 0.187. The predicted molar refractivity (Wildman–Crippen MR) is 144 cm³/mol. The second kappa shape index (κ2) is 10.3. The molecule has 1 aromatic carbocycles. The van der Waals surface area contributed by atoms with Gasteiger partial charge in [-0.15, -0.1) is 0 Å². The van der Waals surface area contributed by atoms with Crippen LogP contribution in [-0.2, 0) is 13.9 Å². The number of carbonyl (C=O) groups is 2. The van der Waals surface area contributed by atoms with Gasteiger partial charge in [0.2, 0.25) is 5.43 Å². The highest BCUT2D eigenvalue weighted by molar-refractivity contribution is 7.72. The number of pyridine rings is 1. The Morgan fingerprint density at radius 1 is 1.10 bits per heavy atom. The van der Waals surface area contributed by atoms with E-state index in [1.54, 1.807) is 9.47 Å². The maximum Gasteiger partial charge on any atom is 0.411 e. The van der Waals surface area contributed by atoms with Crippen LogP contribution in [-0.4, -0.2) is 84.1 Å². The Kier molecular flexibility index (Phi) is 7.48. The Balaban J connectivity index is 1.53. The van der Waals surface area contributed by atoms with Gasteiger partial charge in [-0.3, -0.25) is 13.9 Å². The molecular weight excluding hydrogens is 603 g/mol. The number of likely N-dealkylation sites (tertiary alicyclic amines) is 1. The number of amides is 1. The maximum atomic E-state index is 15.8. The van der Waals surface area contributed by atoms with E-state index in [2.05, 4.69) is 0 Å². The van der Waals surface area contributed by atoms with Crippen LogP contribution in [0.1, 0.15) is 49.0 Å². The van der Waals surface area contributed by atoms with E-state index < -0.39 is 55.2 Å². The number of rotatable bonds is 7. The molecule has 1 saturated carbocycles. The Morgan fingerprint density at radius 3 is 2.29 bits per heavy atom. The lowest BCUT2D eigenvalue weighted by Crippen LogP contribution is -2.50. The largest absolute Gasteiger partial charge is 0.492 e. The number of benzene rings is 1. The summed E-state index contributed by atoms with van der Waals surface area (Å²) in [7, 11) is -9.98. The fourth-order valence-corrected chi connectivity index (χ4v) is 7.58. The molecule has 2 aliphatic heterocycles. The van der Waals surface area contributed by atoms with Crippen molar-refractivity contribution in [3.05, 3.63) is 33.9 Å². The lowest BCUT2D eigenvalue weighted by molar-refractivity contribution is 0.0344. The standard InChI is InChI=1S/C24H30FN3O12P2/c1-24(41(33,34)35,42(36,37)38)40-23(32)27-7-3-4-12-9-26(11-17(12)27)19-16(25)8-14-18(21(19)39-2)28(13-5-6-13)10-15(20(14)29)22(30)31/h8,10,12-13,17H,3-7,9,11H2,1-2H3,(H,30,31)(H2,33,34,35)(H2,36,37,38). The van der Waals surface area contributed by atoms with Crippen LogP contribution in [0.2, 0.25) is 0 Å². The molecule has 42 heavy (non-hydrogen) atoms. The zero-order valence-corrected chi connectivity index (χ0v) is 24.3. The lowest BCUT2D eigenvalue weighted by Gasteiger charge is -2.38. The topological polar surface area (TPSA) is 216 Å². The van der Waals surface area contributed by atoms with Gasteiger partial charge in [-0.25, -0.2) is 14.0 Å². The van der Waals surface area contributed by atoms with E-state index in [-0.39, 0.29) is 53.9 Å². The van der Waals surface area contributed by atoms with Gasteiger partial charge in [0.05, 0.1) is 24.1 Å². The predicted octanol–water partition coefficient (Wildman–Crippen LogP) is 2.25. The van der Waals surface area contributed by atoms with Gasteiger partial charge in [0.25, 0.3) is 0 Å². The molecule has 18 heteroatoms. The molecule has 3 aliphatic rings. The van der Waals surface area contributed by atoms with Crippen LogP contribution < -0.4 is 15.1 Å². The summed E-state index contributed by atoms with van der Waals surface area (Å²) < 4.78 is 51.8. The van der Waals surface area contributed by atoms with Gasteiger partial charge in [-0.2, -0.15) is 0 Å². The number of carboxylic acid groups (broad SMARTS) is 1. The van der Waals surface area contributed by atoms with Crippen molar-refractivity contribution < 1.29 is 57.3 Å². The summed E-state index contributed by atoms with van der Waals surface area (Å²) in [5, 5.41) is 5.98. The third kappa shape index (κ3) is 4.89. The number of piperidine rings is 1. The van der Waals surface area contributed by atoms with Gasteiger partial charge in [-0.05, 0) is 44.6 Å². The molecule has 1 aliphatic carbocycles. The number of carbonyl (C=O) groups excluding carboxylic acids is 1. The number of anilines is 1. The molecule has 3 fully saturated rings. The van der Waals surface area contributed by atoms with Gasteiger partial charge in [-0.1, -0.05) is 0 Å². The zero-order valence-electron chi connectivity index (χ0n) is 22.5. The zero-order chi connectivity index (χ0) is 30.9. The summed E-state index contributed by atoms with van der Waals surface area (Å²) in [4.78, 5) is 79.0. The molecule has 2 atom stereocenters. The number of hydrogen-bond donors (Lipinski definition) is 5. The summed E-state index contributed by atoms with van der Waals surface area (Å²) in [6.45, 7) is 0.742. The van der Waals surface area contributed by atoms with Gasteiger partial charge in [0.1, 0.15) is 11.3 Å². The molecule has 15 nitrogen and oxygen atoms in total. The minimum Gasteiger partial charge on any atom is -0.492 e. The average molecular weight is 633 g/mol. The van der Waals surface area contributed by atoms with Gasteiger partial charge < -0.3 is 48.5 Å². The first-order valence-electron chi connectivity index (χ1n) is 13.0. The molecular formula is C24H30FN3O12P2. The van der Waals surface area contributed by atoms with Crippen LogP contribution in [0.25, 0.3) is 10.9 Å². The third-order valence-corrected chi connectivity index (χ3v) is 12.2. The number of aromatic carboxylic acids is 1. The van der Waals surface area contributed by atoms with Crippen molar-refractivity contribution in [3.63, 3.8) is 0 Å². The number of methoxy groups -OCH3 is 1. The van der Waals surface area contributed by atoms with Crippen molar-refractivity contribution in [2.75, 3.05) is 31.6 Å². The summed E-state index contributed by atoms with van der Waals surface area (Å²) in [5.74, 6) is -2.56. The van der Waals surface area contributed by atoms with E-state index in [1.165, 1.54) is 13.3 Å². The molecule has 2 unspecified atom stereocenters. The van der Waals surface area contributed by atoms with Crippen LogP contribution >= 0.6 is 15.2 Å². The van der Waals surface area contributed by atoms with Crippen LogP contribution in [0, 0.1) is 11.7 Å². The van der Waals surface area contributed by atoms with E-state index in [0.29, 0.717) is 19.8 Å². The molecule has 1 aromatic heterocycles. The van der Waals surface area contributed by atoms with E-state index >= 15 is 4.39 Å². The van der Waals surface area contributed by atoms with Crippen molar-refractivity contribution >= 4 is 43.8 Å². The number of carboxylic acids is 1. The second-order valence-electron chi connectivity index (χ2n) is 10.9. The van der Waals surface area contributed by atoms with Crippen molar-refractivity contribution in [2.45, 2.75) is 49.8 Å². The van der Waals surface area contributed by atoms with Crippen molar-refractivity contribution in [3.8, 4) is 5.75 Å². The highest BCUT2D eigenvalue weighted by atomic mass is 31.2. The van der Waals surface area contributed by atoms with Crippen molar-refractivity contribution in [2.24, 2.45) is 5.92 Å². The smallest absolute Gasteiger partial charge is 0.411 e. The Morgan fingerprint density at radius 2 is 1.74 bits per heavy atom. The van der Waals surface area contributed by atoms with Gasteiger partial charge in [0.15, 0.2) is 11.6 Å². The molecule has 230 valence electrons. The van der Waals surface area contributed by atoms with E-state index in [4.69, 9.17) is 9.47 Å². The summed E-state index contributed by atoms with van der Waals surface area (Å²) >= 11 is 0. The highest BCUT2D eigenvalue weighted by Gasteiger charge is 2.61. The summed E-state index contributed by atoms with van der Waals surface area (Å²) in [5.41, 5.74) is -1.14. The van der Waals surface area contributed by atoms with Crippen LogP contribution in [0.15, 0.2) is 17.1 Å². The minimum atomic E-state index is -5.64. The molecule has 2 aromatic rings. The molecule has 3 heterocycles. The molecule has 5 N–H and O–H groups in total. The van der Waals surface area contributed by atoms with Crippen LogP contribution in [0.3, 0.4) is 0 Å². The Bertz CT molecular complexity index is 1610. The fraction of sp³-hybridized carbons (Fsp3) is 0.542. The SMILES string of the molecule is COc1c(N2CC3CCCN(C(=O)OC(C)(P(=O)(O)O)P(=O)(O)O)C3C2)c(F)cc2c(=O)c(C(=O)O)cn(C3CC3)c12. The van der Waals surface area contributed by atoms with Crippen LogP contribution in [0.4, 0.5) is 14.9 Å². The number of fused-ring (bicyclic) bond motifs is 2. The quantitative estimate of drug-likeness (QED) is 0.277. The monoisotopic (exact) mass is 633 g/mol. The first-order valence-corrected chi connectivity index (χ1v) is 16.3. The first-order chi connectivity index (χ1) is 19.5. The van der Waals surface area contributed by atoms with Gasteiger partial charge in [0, 0.05) is 31.9 Å².